The average Bonchev–Trinajstić information content (AvgIpc) is 2.81. The van der Waals surface area contributed by atoms with Gasteiger partial charge >= 0.3 is 5.97 Å². The Balaban J connectivity index is 2.13. The molecule has 0 aliphatic rings. The summed E-state index contributed by atoms with van der Waals surface area (Å²) in [6, 6.07) is 10.4. The summed E-state index contributed by atoms with van der Waals surface area (Å²) >= 11 is 5.65. The SMILES string of the molecule is O=C(O)c1cc2cc(O)ccc2n1Cc1ccc(Cl)c(F)c1. The monoisotopic (exact) mass is 319 g/mol. The van der Waals surface area contributed by atoms with Gasteiger partial charge in [0.1, 0.15) is 17.3 Å². The average molecular weight is 320 g/mol. The summed E-state index contributed by atoms with van der Waals surface area (Å²) in [6.07, 6.45) is 0. The summed E-state index contributed by atoms with van der Waals surface area (Å²) in [5.74, 6) is -1.59. The van der Waals surface area contributed by atoms with E-state index in [1.807, 2.05) is 0 Å². The highest BCUT2D eigenvalue weighted by Gasteiger charge is 2.15. The number of aromatic hydroxyl groups is 1. The summed E-state index contributed by atoms with van der Waals surface area (Å²) in [7, 11) is 0. The number of phenolic OH excluding ortho intramolecular Hbond substituents is 1. The Morgan fingerprint density at radius 2 is 1.95 bits per heavy atom. The van der Waals surface area contributed by atoms with Crippen molar-refractivity contribution in [3.63, 3.8) is 0 Å². The third-order valence-electron chi connectivity index (χ3n) is 3.43. The van der Waals surface area contributed by atoms with Crippen molar-refractivity contribution < 1.29 is 19.4 Å². The first-order valence-electron chi connectivity index (χ1n) is 6.45. The van der Waals surface area contributed by atoms with E-state index < -0.39 is 11.8 Å². The molecule has 0 spiro atoms. The van der Waals surface area contributed by atoms with Crippen LogP contribution in [0.5, 0.6) is 5.75 Å². The number of benzene rings is 2. The van der Waals surface area contributed by atoms with Crippen molar-refractivity contribution >= 4 is 28.5 Å². The van der Waals surface area contributed by atoms with E-state index in [9.17, 15) is 19.4 Å². The van der Waals surface area contributed by atoms with E-state index in [0.717, 1.165) is 0 Å². The van der Waals surface area contributed by atoms with Crippen LogP contribution in [0.25, 0.3) is 10.9 Å². The molecule has 1 heterocycles. The van der Waals surface area contributed by atoms with Gasteiger partial charge in [-0.05, 0) is 42.0 Å². The zero-order valence-corrected chi connectivity index (χ0v) is 12.0. The van der Waals surface area contributed by atoms with Crippen LogP contribution in [0.15, 0.2) is 42.5 Å². The standard InChI is InChI=1S/C16H11ClFNO3/c17-12-3-1-9(5-13(12)18)8-19-14-4-2-11(20)6-10(14)7-15(19)16(21)22/h1-7,20H,8H2,(H,21,22). The minimum atomic E-state index is -1.09. The summed E-state index contributed by atoms with van der Waals surface area (Å²) < 4.78 is 15.1. The van der Waals surface area contributed by atoms with E-state index >= 15 is 0 Å². The molecule has 2 N–H and O–H groups in total. The molecule has 112 valence electrons. The molecule has 6 heteroatoms. The van der Waals surface area contributed by atoms with Crippen LogP contribution in [0.2, 0.25) is 5.02 Å². The van der Waals surface area contributed by atoms with Crippen LogP contribution in [-0.4, -0.2) is 20.7 Å². The molecular weight excluding hydrogens is 309 g/mol. The second-order valence-electron chi connectivity index (χ2n) is 4.91. The molecular formula is C16H11ClFNO3. The summed E-state index contributed by atoms with van der Waals surface area (Å²) in [5.41, 5.74) is 1.30. The Kier molecular flexibility index (Phi) is 3.50. The number of halogens is 2. The van der Waals surface area contributed by atoms with Crippen molar-refractivity contribution in [2.24, 2.45) is 0 Å². The van der Waals surface area contributed by atoms with Gasteiger partial charge in [-0.25, -0.2) is 9.18 Å². The van der Waals surface area contributed by atoms with E-state index in [1.165, 1.54) is 30.3 Å². The zero-order chi connectivity index (χ0) is 15.9. The fourth-order valence-electron chi connectivity index (χ4n) is 2.43. The number of fused-ring (bicyclic) bond motifs is 1. The number of hydrogen-bond donors (Lipinski definition) is 2. The van der Waals surface area contributed by atoms with Gasteiger partial charge in [-0.2, -0.15) is 0 Å². The predicted octanol–water partition coefficient (Wildman–Crippen LogP) is 3.89. The van der Waals surface area contributed by atoms with Gasteiger partial charge < -0.3 is 14.8 Å². The predicted molar refractivity (Wildman–Crippen MR) is 81.1 cm³/mol. The molecule has 0 amide bonds. The normalized spacial score (nSPS) is 11.0. The van der Waals surface area contributed by atoms with E-state index in [4.69, 9.17) is 11.6 Å². The molecule has 0 atom stereocenters. The molecule has 4 nitrogen and oxygen atoms in total. The van der Waals surface area contributed by atoms with Crippen molar-refractivity contribution in [2.75, 3.05) is 0 Å². The lowest BCUT2D eigenvalue weighted by molar-refractivity contribution is 0.0686. The number of phenols is 1. The van der Waals surface area contributed by atoms with Crippen LogP contribution in [-0.2, 0) is 6.54 Å². The van der Waals surface area contributed by atoms with Crippen LogP contribution in [0, 0.1) is 5.82 Å². The number of carboxylic acid groups (broad SMARTS) is 1. The third-order valence-corrected chi connectivity index (χ3v) is 3.74. The number of carboxylic acids is 1. The number of aromatic carboxylic acids is 1. The molecule has 0 unspecified atom stereocenters. The quantitative estimate of drug-likeness (QED) is 0.770. The maximum absolute atomic E-state index is 13.5. The van der Waals surface area contributed by atoms with E-state index in [0.29, 0.717) is 16.5 Å². The lowest BCUT2D eigenvalue weighted by atomic mass is 10.2. The maximum Gasteiger partial charge on any atom is 0.352 e. The molecule has 3 rings (SSSR count). The van der Waals surface area contributed by atoms with Crippen LogP contribution in [0.1, 0.15) is 16.1 Å². The van der Waals surface area contributed by atoms with Crippen molar-refractivity contribution in [2.45, 2.75) is 6.54 Å². The first kappa shape index (κ1) is 14.4. The lowest BCUT2D eigenvalue weighted by Gasteiger charge is -2.09. The Hall–Kier alpha value is -2.53. The number of carbonyl (C=O) groups is 1. The van der Waals surface area contributed by atoms with Crippen molar-refractivity contribution in [1.82, 2.24) is 4.57 Å². The maximum atomic E-state index is 13.5. The van der Waals surface area contributed by atoms with Crippen molar-refractivity contribution in [3.05, 3.63) is 64.6 Å². The largest absolute Gasteiger partial charge is 0.508 e. The number of aromatic nitrogens is 1. The first-order valence-corrected chi connectivity index (χ1v) is 6.83. The second-order valence-corrected chi connectivity index (χ2v) is 5.32. The van der Waals surface area contributed by atoms with Gasteiger partial charge in [-0.3, -0.25) is 0 Å². The van der Waals surface area contributed by atoms with Gasteiger partial charge in [0.05, 0.1) is 5.02 Å². The Bertz CT molecular complexity index is 888. The van der Waals surface area contributed by atoms with E-state index in [-0.39, 0.29) is 23.0 Å². The fraction of sp³-hybridized carbons (Fsp3) is 0.0625. The van der Waals surface area contributed by atoms with Gasteiger partial charge in [0.2, 0.25) is 0 Å². The van der Waals surface area contributed by atoms with E-state index in [1.54, 1.807) is 16.7 Å². The molecule has 1 aromatic heterocycles. The molecule has 0 fully saturated rings. The molecule has 22 heavy (non-hydrogen) atoms. The summed E-state index contributed by atoms with van der Waals surface area (Å²) in [4.78, 5) is 11.4. The second kappa shape index (κ2) is 5.35. The van der Waals surface area contributed by atoms with E-state index in [2.05, 4.69) is 0 Å². The van der Waals surface area contributed by atoms with Crippen LogP contribution < -0.4 is 0 Å². The highest BCUT2D eigenvalue weighted by Crippen LogP contribution is 2.26. The number of hydrogen-bond acceptors (Lipinski definition) is 2. The van der Waals surface area contributed by atoms with Gasteiger partial charge in [-0.1, -0.05) is 17.7 Å². The first-order chi connectivity index (χ1) is 10.5. The van der Waals surface area contributed by atoms with Crippen LogP contribution >= 0.6 is 11.6 Å². The highest BCUT2D eigenvalue weighted by atomic mass is 35.5. The zero-order valence-electron chi connectivity index (χ0n) is 11.3. The smallest absolute Gasteiger partial charge is 0.352 e. The van der Waals surface area contributed by atoms with Crippen molar-refractivity contribution in [1.29, 1.82) is 0 Å². The van der Waals surface area contributed by atoms with Crippen LogP contribution in [0.3, 0.4) is 0 Å². The number of rotatable bonds is 3. The molecule has 0 bridgehead atoms. The van der Waals surface area contributed by atoms with Gasteiger partial charge in [0, 0.05) is 17.4 Å². The Labute approximate surface area is 130 Å². The minimum Gasteiger partial charge on any atom is -0.508 e. The topological polar surface area (TPSA) is 62.5 Å². The highest BCUT2D eigenvalue weighted by molar-refractivity contribution is 6.30. The molecule has 3 aromatic rings. The molecule has 0 aliphatic carbocycles. The fourth-order valence-corrected chi connectivity index (χ4v) is 2.54. The Morgan fingerprint density at radius 1 is 1.18 bits per heavy atom. The van der Waals surface area contributed by atoms with Gasteiger partial charge in [-0.15, -0.1) is 0 Å². The molecule has 0 aliphatic heterocycles. The summed E-state index contributed by atoms with van der Waals surface area (Å²) in [6.45, 7) is 0.185. The molecule has 0 saturated carbocycles. The number of nitrogens with zero attached hydrogens (tertiary/aromatic N) is 1. The lowest BCUT2D eigenvalue weighted by Crippen LogP contribution is -2.09. The van der Waals surface area contributed by atoms with Gasteiger partial charge in [0.25, 0.3) is 0 Å². The molecule has 0 radical (unpaired) electrons. The molecule has 2 aromatic carbocycles. The Morgan fingerprint density at radius 3 is 2.64 bits per heavy atom. The van der Waals surface area contributed by atoms with Crippen molar-refractivity contribution in [3.8, 4) is 5.75 Å². The summed E-state index contributed by atoms with van der Waals surface area (Å²) in [5, 5.41) is 19.5. The molecule has 0 saturated heterocycles. The van der Waals surface area contributed by atoms with Crippen LogP contribution in [0.4, 0.5) is 4.39 Å². The minimum absolute atomic E-state index is 0.0181. The van der Waals surface area contributed by atoms with Gasteiger partial charge in [0.15, 0.2) is 0 Å². The third kappa shape index (κ3) is 2.51.